The van der Waals surface area contributed by atoms with Gasteiger partial charge in [-0.25, -0.2) is 0 Å². The molecule has 0 spiro atoms. The first-order chi connectivity index (χ1) is 11.5. The zero-order valence-corrected chi connectivity index (χ0v) is 16.3. The third-order valence-corrected chi connectivity index (χ3v) is 6.50. The molecule has 8 unspecified atom stereocenters. The quantitative estimate of drug-likeness (QED) is 0.446. The van der Waals surface area contributed by atoms with Crippen LogP contribution in [-0.2, 0) is 51.9 Å². The second-order valence-electron chi connectivity index (χ2n) is 7.58. The monoisotopic (exact) mass is 413 g/mol. The van der Waals surface area contributed by atoms with Gasteiger partial charge in [-0.05, 0) is 36.5 Å². The van der Waals surface area contributed by atoms with Gasteiger partial charge in [0.05, 0.1) is 23.6 Å². The molecule has 0 aromatic rings. The average Bonchev–Trinajstić information content (AvgIpc) is 3.34. The average molecular weight is 413 g/mol. The van der Waals surface area contributed by atoms with Crippen LogP contribution in [0.4, 0.5) is 0 Å². The van der Waals surface area contributed by atoms with Crippen LogP contribution in [0.1, 0.15) is 12.8 Å². The number of imide groups is 2. The van der Waals surface area contributed by atoms with Gasteiger partial charge in [-0.3, -0.25) is 0 Å². The summed E-state index contributed by atoms with van der Waals surface area (Å²) >= 11 is 0. The van der Waals surface area contributed by atoms with Crippen LogP contribution in [0.3, 0.4) is 0 Å². The number of rotatable bonds is 0. The Morgan fingerprint density at radius 3 is 1.04 bits per heavy atom. The van der Waals surface area contributed by atoms with Crippen molar-refractivity contribution in [2.75, 3.05) is 0 Å². The van der Waals surface area contributed by atoms with E-state index in [0.29, 0.717) is 23.7 Å². The molecule has 2 heterocycles. The topological polar surface area (TPSA) is 96.5 Å². The van der Waals surface area contributed by atoms with E-state index in [1.54, 1.807) is 0 Å². The van der Waals surface area contributed by atoms with E-state index in [9.17, 15) is 19.2 Å². The first-order valence-corrected chi connectivity index (χ1v) is 8.50. The minimum atomic E-state index is -0.179. The molecule has 0 N–H and O–H groups in total. The van der Waals surface area contributed by atoms with Gasteiger partial charge in [0.15, 0.2) is 0 Å². The molecule has 0 aromatic carbocycles. The van der Waals surface area contributed by atoms with E-state index < -0.39 is 0 Å². The third-order valence-electron chi connectivity index (χ3n) is 6.50. The van der Waals surface area contributed by atoms with Gasteiger partial charge in [-0.2, -0.15) is 0 Å². The van der Waals surface area contributed by atoms with Gasteiger partial charge < -0.3 is 29.8 Å². The number of amides is 4. The Labute approximate surface area is 170 Å². The standard InChI is InChI=1S/2C9H9NO2.Y/c2*11-8-6-4-1-2-5(3-4)7(6)9(12)10-8;/h2*1-2,4-7H,3H2,(H,10,11,12);/p-2. The summed E-state index contributed by atoms with van der Waals surface area (Å²) in [6, 6.07) is 0. The molecule has 4 fully saturated rings. The predicted octanol–water partition coefficient (Wildman–Crippen LogP) is 1.73. The van der Waals surface area contributed by atoms with Crippen molar-refractivity contribution in [3.05, 3.63) is 34.9 Å². The van der Waals surface area contributed by atoms with E-state index in [4.69, 9.17) is 0 Å². The molecule has 6 aliphatic rings. The third kappa shape index (κ3) is 2.37. The molecule has 8 atom stereocenters. The van der Waals surface area contributed by atoms with Crippen molar-refractivity contribution < 1.29 is 51.9 Å². The first kappa shape index (κ1) is 17.3. The molecule has 0 aromatic heterocycles. The maximum Gasteiger partial charge on any atom is 0.0609 e. The molecule has 2 saturated heterocycles. The van der Waals surface area contributed by atoms with Crippen LogP contribution >= 0.6 is 0 Å². The smallest absolute Gasteiger partial charge is 0.0609 e. The van der Waals surface area contributed by atoms with Crippen LogP contribution in [-0.4, -0.2) is 23.6 Å². The summed E-state index contributed by atoms with van der Waals surface area (Å²) in [6.07, 6.45) is 10.2. The Morgan fingerprint density at radius 1 is 0.560 bits per heavy atom. The van der Waals surface area contributed by atoms with Crippen molar-refractivity contribution in [3.8, 4) is 0 Å². The maximum absolute atomic E-state index is 11.2. The Balaban J connectivity index is 0.000000121. The van der Waals surface area contributed by atoms with Crippen LogP contribution in [0.25, 0.3) is 10.6 Å². The fourth-order valence-corrected chi connectivity index (χ4v) is 5.51. The summed E-state index contributed by atoms with van der Waals surface area (Å²) in [4.78, 5) is 44.9. The van der Waals surface area contributed by atoms with E-state index >= 15 is 0 Å². The SMILES string of the molecule is O=C1[N-]C(=O)C2C3C=CC(C3)C12.O=C1[N-]C(=O)C2C3C=CC(C3)C12.[Y]. The second-order valence-corrected chi connectivity index (χ2v) is 7.58. The van der Waals surface area contributed by atoms with Gasteiger partial charge >= 0.3 is 0 Å². The maximum atomic E-state index is 11.2. The van der Waals surface area contributed by atoms with Gasteiger partial charge in [-0.1, -0.05) is 24.3 Å². The van der Waals surface area contributed by atoms with E-state index in [1.165, 1.54) is 0 Å². The van der Waals surface area contributed by atoms with E-state index in [-0.39, 0.29) is 80.0 Å². The number of fused-ring (bicyclic) bond motifs is 10. The van der Waals surface area contributed by atoms with Gasteiger partial charge in [-0.15, -0.1) is 0 Å². The van der Waals surface area contributed by atoms with Crippen molar-refractivity contribution in [1.29, 1.82) is 0 Å². The second kappa shape index (κ2) is 5.95. The molecule has 7 heteroatoms. The molecular weight excluding hydrogens is 397 g/mol. The molecule has 1 radical (unpaired) electrons. The summed E-state index contributed by atoms with van der Waals surface area (Å²) in [5.41, 5.74) is 0. The van der Waals surface area contributed by atoms with Crippen molar-refractivity contribution in [2.45, 2.75) is 12.8 Å². The molecular formula is C18H16N2O4Y-2. The number of hydrogen-bond acceptors (Lipinski definition) is 4. The number of allylic oxidation sites excluding steroid dienone is 4. The fraction of sp³-hybridized carbons (Fsp3) is 0.556. The summed E-state index contributed by atoms with van der Waals surface area (Å²) < 4.78 is 0. The zero-order chi connectivity index (χ0) is 16.6. The molecule has 127 valence electrons. The van der Waals surface area contributed by atoms with Crippen molar-refractivity contribution in [1.82, 2.24) is 0 Å². The van der Waals surface area contributed by atoms with E-state index in [0.717, 1.165) is 12.8 Å². The van der Waals surface area contributed by atoms with Crippen LogP contribution in [0.15, 0.2) is 24.3 Å². The van der Waals surface area contributed by atoms with Crippen molar-refractivity contribution in [2.24, 2.45) is 47.3 Å². The molecule has 2 aliphatic heterocycles. The van der Waals surface area contributed by atoms with Gasteiger partial charge in [0.2, 0.25) is 0 Å². The van der Waals surface area contributed by atoms with E-state index in [2.05, 4.69) is 34.9 Å². The molecule has 4 bridgehead atoms. The minimum Gasteiger partial charge on any atom is -0.595 e. The Kier molecular flexibility index (Phi) is 4.11. The van der Waals surface area contributed by atoms with E-state index in [1.807, 2.05) is 0 Å². The number of carbonyl (C=O) groups excluding carboxylic acids is 4. The van der Waals surface area contributed by atoms with Crippen LogP contribution in [0.2, 0.25) is 0 Å². The molecule has 4 aliphatic carbocycles. The number of nitrogens with zero attached hydrogens (tertiary/aromatic N) is 2. The van der Waals surface area contributed by atoms with Gasteiger partial charge in [0.1, 0.15) is 0 Å². The fourth-order valence-electron chi connectivity index (χ4n) is 5.51. The Morgan fingerprint density at radius 2 is 0.800 bits per heavy atom. The van der Waals surface area contributed by atoms with Crippen LogP contribution in [0.5, 0.6) is 0 Å². The molecule has 4 amide bonds. The van der Waals surface area contributed by atoms with Crippen molar-refractivity contribution >= 4 is 23.6 Å². The summed E-state index contributed by atoms with van der Waals surface area (Å²) in [5.74, 6) is 0.156. The molecule has 25 heavy (non-hydrogen) atoms. The van der Waals surface area contributed by atoms with Crippen LogP contribution in [0, 0.1) is 47.3 Å². The Hall–Kier alpha value is -1.14. The Bertz CT molecular complexity index is 627. The zero-order valence-electron chi connectivity index (χ0n) is 13.4. The normalized spacial score (nSPS) is 46.4. The van der Waals surface area contributed by atoms with Crippen molar-refractivity contribution in [3.63, 3.8) is 0 Å². The summed E-state index contributed by atoms with van der Waals surface area (Å²) in [7, 11) is 0. The number of carbonyl (C=O) groups is 4. The van der Waals surface area contributed by atoms with Gasteiger partial charge in [0, 0.05) is 56.4 Å². The predicted molar refractivity (Wildman–Crippen MR) is 82.2 cm³/mol. The molecule has 2 saturated carbocycles. The molecule has 6 nitrogen and oxygen atoms in total. The summed E-state index contributed by atoms with van der Waals surface area (Å²) in [5, 5.41) is 6.99. The summed E-state index contributed by atoms with van der Waals surface area (Å²) in [6.45, 7) is 0. The molecule has 6 rings (SSSR count). The first-order valence-electron chi connectivity index (χ1n) is 8.50. The largest absolute Gasteiger partial charge is 0.595 e. The number of hydrogen-bond donors (Lipinski definition) is 0. The van der Waals surface area contributed by atoms with Crippen LogP contribution < -0.4 is 0 Å². The van der Waals surface area contributed by atoms with Gasteiger partial charge in [0.25, 0.3) is 0 Å². The minimum absolute atomic E-state index is 0.